The van der Waals surface area contributed by atoms with Crippen LogP contribution in [0.1, 0.15) is 48.6 Å². The van der Waals surface area contributed by atoms with E-state index in [2.05, 4.69) is 53.2 Å². The zero-order chi connectivity index (χ0) is 15.5. The van der Waals surface area contributed by atoms with Gasteiger partial charge in [-0.15, -0.1) is 12.4 Å². The molecule has 1 fully saturated rings. The molecule has 0 saturated carbocycles. The van der Waals surface area contributed by atoms with Crippen LogP contribution in [0.3, 0.4) is 0 Å². The van der Waals surface area contributed by atoms with Gasteiger partial charge in [-0.1, -0.05) is 41.9 Å². The lowest BCUT2D eigenvalue weighted by Crippen LogP contribution is -2.37. The Hall–Kier alpha value is -1.43. The van der Waals surface area contributed by atoms with Gasteiger partial charge in [0, 0.05) is 6.04 Å². The number of piperidine rings is 1. The quantitative estimate of drug-likeness (QED) is 0.928. The van der Waals surface area contributed by atoms with E-state index in [4.69, 9.17) is 10.3 Å². The second-order valence-corrected chi connectivity index (χ2v) is 6.25. The number of hydrogen-bond donors (Lipinski definition) is 1. The zero-order valence-electron chi connectivity index (χ0n) is 13.7. The predicted molar refractivity (Wildman–Crippen MR) is 92.2 cm³/mol. The Balaban J connectivity index is 0.00000192. The van der Waals surface area contributed by atoms with Crippen molar-refractivity contribution < 1.29 is 4.52 Å². The first-order chi connectivity index (χ1) is 10.7. The molecule has 0 bridgehead atoms. The third kappa shape index (κ3) is 4.10. The van der Waals surface area contributed by atoms with Gasteiger partial charge in [0.2, 0.25) is 5.89 Å². The van der Waals surface area contributed by atoms with Crippen LogP contribution in [0.15, 0.2) is 28.8 Å². The second-order valence-electron chi connectivity index (χ2n) is 6.25. The summed E-state index contributed by atoms with van der Waals surface area (Å²) in [6, 6.07) is 9.28. The van der Waals surface area contributed by atoms with Crippen molar-refractivity contribution in [1.82, 2.24) is 15.0 Å². The van der Waals surface area contributed by atoms with Crippen LogP contribution in [0.2, 0.25) is 0 Å². The van der Waals surface area contributed by atoms with E-state index in [-0.39, 0.29) is 12.4 Å². The van der Waals surface area contributed by atoms with Gasteiger partial charge in [0.1, 0.15) is 0 Å². The van der Waals surface area contributed by atoms with Gasteiger partial charge in [0.15, 0.2) is 5.82 Å². The van der Waals surface area contributed by atoms with Gasteiger partial charge in [-0.2, -0.15) is 4.98 Å². The summed E-state index contributed by atoms with van der Waals surface area (Å²) in [4.78, 5) is 6.81. The van der Waals surface area contributed by atoms with Crippen LogP contribution in [0.25, 0.3) is 0 Å². The topological polar surface area (TPSA) is 68.2 Å². The number of nitrogens with two attached hydrogens (primary N) is 1. The molecule has 0 radical (unpaired) electrons. The Bertz CT molecular complexity index is 613. The molecule has 0 aliphatic carbocycles. The summed E-state index contributed by atoms with van der Waals surface area (Å²) in [5.74, 6) is 1.86. The fraction of sp³-hybridized carbons (Fsp3) is 0.529. The highest BCUT2D eigenvalue weighted by Crippen LogP contribution is 2.36. The minimum Gasteiger partial charge on any atom is -0.338 e. The maximum absolute atomic E-state index is 5.54. The SMILES string of the molecule is Cc1ccc(C2C(C)CCCN2Cc2noc(CN)n2)cc1.Cl. The predicted octanol–water partition coefficient (Wildman–Crippen LogP) is 3.23. The summed E-state index contributed by atoms with van der Waals surface area (Å²) in [6.45, 7) is 6.53. The standard InChI is InChI=1S/C17H24N4O.ClH/c1-12-5-7-14(8-6-12)17-13(2)4-3-9-21(17)11-15-19-16(10-18)22-20-15;/h5-8,13,17H,3-4,9-11,18H2,1-2H3;1H. The Morgan fingerprint density at radius 3 is 2.70 bits per heavy atom. The summed E-state index contributed by atoms with van der Waals surface area (Å²) < 4.78 is 5.13. The van der Waals surface area contributed by atoms with Crippen LogP contribution >= 0.6 is 12.4 Å². The number of rotatable bonds is 4. The van der Waals surface area contributed by atoms with Crippen LogP contribution in [0, 0.1) is 12.8 Å². The highest BCUT2D eigenvalue weighted by Gasteiger charge is 2.30. The third-order valence-corrected chi connectivity index (χ3v) is 4.49. The Morgan fingerprint density at radius 2 is 2.04 bits per heavy atom. The average molecular weight is 337 g/mol. The maximum atomic E-state index is 5.54. The van der Waals surface area contributed by atoms with E-state index in [1.165, 1.54) is 24.0 Å². The number of nitrogens with zero attached hydrogens (tertiary/aromatic N) is 3. The lowest BCUT2D eigenvalue weighted by Gasteiger charge is -2.39. The largest absolute Gasteiger partial charge is 0.338 e. The molecule has 2 unspecified atom stereocenters. The summed E-state index contributed by atoms with van der Waals surface area (Å²) in [5, 5.41) is 4.04. The summed E-state index contributed by atoms with van der Waals surface area (Å²) in [6.07, 6.45) is 2.47. The van der Waals surface area contributed by atoms with Crippen molar-refractivity contribution >= 4 is 12.4 Å². The number of aromatic nitrogens is 2. The van der Waals surface area contributed by atoms with E-state index < -0.39 is 0 Å². The third-order valence-electron chi connectivity index (χ3n) is 4.49. The molecule has 2 heterocycles. The summed E-state index contributed by atoms with van der Waals surface area (Å²) in [5.41, 5.74) is 8.21. The van der Waals surface area contributed by atoms with Gasteiger partial charge < -0.3 is 10.3 Å². The Morgan fingerprint density at radius 1 is 1.30 bits per heavy atom. The normalized spacial score (nSPS) is 21.9. The maximum Gasteiger partial charge on any atom is 0.240 e. The monoisotopic (exact) mass is 336 g/mol. The van der Waals surface area contributed by atoms with Crippen molar-refractivity contribution in [2.24, 2.45) is 11.7 Å². The van der Waals surface area contributed by atoms with E-state index in [1.807, 2.05) is 0 Å². The Kier molecular flexibility index (Phi) is 6.16. The van der Waals surface area contributed by atoms with E-state index in [1.54, 1.807) is 0 Å². The van der Waals surface area contributed by atoms with Gasteiger partial charge in [-0.3, -0.25) is 4.90 Å². The number of likely N-dealkylation sites (tertiary alicyclic amines) is 1. The molecule has 1 aromatic heterocycles. The number of benzene rings is 1. The van der Waals surface area contributed by atoms with Gasteiger partial charge in [-0.05, 0) is 37.8 Å². The average Bonchev–Trinajstić information content (AvgIpc) is 2.97. The Labute approximate surface area is 143 Å². The van der Waals surface area contributed by atoms with Gasteiger partial charge in [0.25, 0.3) is 0 Å². The number of aryl methyl sites for hydroxylation is 1. The van der Waals surface area contributed by atoms with Crippen molar-refractivity contribution in [1.29, 1.82) is 0 Å². The van der Waals surface area contributed by atoms with Crippen LogP contribution < -0.4 is 5.73 Å². The fourth-order valence-corrected chi connectivity index (χ4v) is 3.37. The highest BCUT2D eigenvalue weighted by atomic mass is 35.5. The molecule has 2 atom stereocenters. The van der Waals surface area contributed by atoms with Gasteiger partial charge in [-0.25, -0.2) is 0 Å². The molecule has 126 valence electrons. The molecule has 2 aromatic rings. The molecule has 1 saturated heterocycles. The molecule has 1 aromatic carbocycles. The first-order valence-electron chi connectivity index (χ1n) is 7.99. The van der Waals surface area contributed by atoms with Crippen LogP contribution in [0.4, 0.5) is 0 Å². The first kappa shape index (κ1) is 17.9. The minimum absolute atomic E-state index is 0. The van der Waals surface area contributed by atoms with E-state index in [9.17, 15) is 0 Å². The van der Waals surface area contributed by atoms with Crippen LogP contribution in [0.5, 0.6) is 0 Å². The van der Waals surface area contributed by atoms with Crippen molar-refractivity contribution in [2.75, 3.05) is 6.54 Å². The summed E-state index contributed by atoms with van der Waals surface area (Å²) in [7, 11) is 0. The lowest BCUT2D eigenvalue weighted by atomic mass is 9.86. The number of halogens is 1. The molecular formula is C17H25ClN4O. The lowest BCUT2D eigenvalue weighted by molar-refractivity contribution is 0.0898. The molecule has 2 N–H and O–H groups in total. The fourth-order valence-electron chi connectivity index (χ4n) is 3.37. The number of hydrogen-bond acceptors (Lipinski definition) is 5. The van der Waals surface area contributed by atoms with Gasteiger partial charge in [0.05, 0.1) is 13.1 Å². The van der Waals surface area contributed by atoms with Gasteiger partial charge >= 0.3 is 0 Å². The van der Waals surface area contributed by atoms with Crippen LogP contribution in [-0.4, -0.2) is 21.6 Å². The molecule has 0 amide bonds. The molecule has 0 spiro atoms. The molecule has 23 heavy (non-hydrogen) atoms. The molecule has 5 nitrogen and oxygen atoms in total. The minimum atomic E-state index is 0. The van der Waals surface area contributed by atoms with E-state index in [0.717, 1.165) is 12.4 Å². The van der Waals surface area contributed by atoms with Crippen molar-refractivity contribution in [3.8, 4) is 0 Å². The van der Waals surface area contributed by atoms with E-state index in [0.29, 0.717) is 30.9 Å². The first-order valence-corrected chi connectivity index (χ1v) is 7.99. The van der Waals surface area contributed by atoms with Crippen molar-refractivity contribution in [2.45, 2.75) is 45.8 Å². The summed E-state index contributed by atoms with van der Waals surface area (Å²) >= 11 is 0. The van der Waals surface area contributed by atoms with Crippen LogP contribution in [-0.2, 0) is 13.1 Å². The molecule has 6 heteroatoms. The molecular weight excluding hydrogens is 312 g/mol. The van der Waals surface area contributed by atoms with E-state index >= 15 is 0 Å². The highest BCUT2D eigenvalue weighted by molar-refractivity contribution is 5.85. The molecule has 1 aliphatic heterocycles. The molecule has 1 aliphatic rings. The second kappa shape index (κ2) is 7.90. The van der Waals surface area contributed by atoms with Crippen molar-refractivity contribution in [3.05, 3.63) is 47.1 Å². The van der Waals surface area contributed by atoms with Crippen molar-refractivity contribution in [3.63, 3.8) is 0 Å². The molecule has 3 rings (SSSR count). The zero-order valence-corrected chi connectivity index (χ0v) is 14.6. The smallest absolute Gasteiger partial charge is 0.240 e.